The van der Waals surface area contributed by atoms with Gasteiger partial charge in [0.2, 0.25) is 5.82 Å². The van der Waals surface area contributed by atoms with Crippen LogP contribution in [0.1, 0.15) is 47.0 Å². The predicted octanol–water partition coefficient (Wildman–Crippen LogP) is 2.04. The summed E-state index contributed by atoms with van der Waals surface area (Å²) >= 11 is 0. The number of imidazole rings is 1. The standard InChI is InChI=1S/C19H22F2N4O3/c1-2-27-19(26)18-23-15-7-25(8-16(15)24-18)11-6-14(22)17(28-9-11)12-5-10(20)3-4-13(12)21/h3-5,11,14,17H,2,6-9,22H2,1H3,(H,23,24)/t11-,14+,17+/m1/s1. The van der Waals surface area contributed by atoms with Gasteiger partial charge in [0.1, 0.15) is 17.7 Å². The number of fused-ring (bicyclic) bond motifs is 1. The van der Waals surface area contributed by atoms with Crippen LogP contribution >= 0.6 is 0 Å². The van der Waals surface area contributed by atoms with E-state index >= 15 is 0 Å². The number of aromatic amines is 1. The number of esters is 1. The van der Waals surface area contributed by atoms with Gasteiger partial charge in [-0.2, -0.15) is 0 Å². The molecule has 3 N–H and O–H groups in total. The van der Waals surface area contributed by atoms with Crippen molar-refractivity contribution in [3.05, 3.63) is 52.6 Å². The number of hydrogen-bond acceptors (Lipinski definition) is 6. The van der Waals surface area contributed by atoms with Crippen LogP contribution in [0.4, 0.5) is 8.78 Å². The Morgan fingerprint density at radius 3 is 2.96 bits per heavy atom. The molecule has 0 amide bonds. The minimum absolute atomic E-state index is 0.0245. The Labute approximate surface area is 160 Å². The van der Waals surface area contributed by atoms with Gasteiger partial charge in [-0.25, -0.2) is 18.6 Å². The fourth-order valence-electron chi connectivity index (χ4n) is 3.86. The van der Waals surface area contributed by atoms with Crippen molar-refractivity contribution in [1.29, 1.82) is 0 Å². The third-order valence-corrected chi connectivity index (χ3v) is 5.23. The van der Waals surface area contributed by atoms with Crippen molar-refractivity contribution in [1.82, 2.24) is 14.9 Å². The molecule has 0 spiro atoms. The van der Waals surface area contributed by atoms with Gasteiger partial charge in [0.05, 0.1) is 24.6 Å². The number of hydrogen-bond donors (Lipinski definition) is 2. The van der Waals surface area contributed by atoms with E-state index in [-0.39, 0.29) is 17.4 Å². The molecular formula is C19H22F2N4O3. The van der Waals surface area contributed by atoms with Crippen LogP contribution in [0.25, 0.3) is 0 Å². The quantitative estimate of drug-likeness (QED) is 0.774. The Morgan fingerprint density at radius 1 is 1.43 bits per heavy atom. The molecule has 0 aliphatic carbocycles. The van der Waals surface area contributed by atoms with Gasteiger partial charge in [-0.05, 0) is 31.5 Å². The Morgan fingerprint density at radius 2 is 2.25 bits per heavy atom. The van der Waals surface area contributed by atoms with Gasteiger partial charge in [-0.3, -0.25) is 4.90 Å². The fraction of sp³-hybridized carbons (Fsp3) is 0.474. The lowest BCUT2D eigenvalue weighted by molar-refractivity contribution is -0.0534. The van der Waals surface area contributed by atoms with Crippen LogP contribution in [-0.4, -0.2) is 46.1 Å². The van der Waals surface area contributed by atoms with Crippen molar-refractivity contribution in [3.8, 4) is 0 Å². The summed E-state index contributed by atoms with van der Waals surface area (Å²) in [6.07, 6.45) is -0.101. The van der Waals surface area contributed by atoms with Crippen LogP contribution in [-0.2, 0) is 22.6 Å². The Bertz CT molecular complexity index is 865. The molecule has 0 unspecified atom stereocenters. The van der Waals surface area contributed by atoms with Crippen LogP contribution < -0.4 is 5.73 Å². The molecule has 7 nitrogen and oxygen atoms in total. The second-order valence-electron chi connectivity index (χ2n) is 7.11. The number of nitrogens with zero attached hydrogens (tertiary/aromatic N) is 2. The van der Waals surface area contributed by atoms with E-state index in [4.69, 9.17) is 15.2 Å². The molecule has 1 aromatic carbocycles. The molecule has 9 heteroatoms. The van der Waals surface area contributed by atoms with Crippen LogP contribution in [0.3, 0.4) is 0 Å². The van der Waals surface area contributed by atoms with E-state index in [1.54, 1.807) is 6.92 Å². The monoisotopic (exact) mass is 392 g/mol. The normalized spacial score (nSPS) is 24.9. The van der Waals surface area contributed by atoms with Gasteiger partial charge < -0.3 is 20.2 Å². The zero-order valence-corrected chi connectivity index (χ0v) is 15.5. The van der Waals surface area contributed by atoms with Crippen LogP contribution in [0.5, 0.6) is 0 Å². The number of aromatic nitrogens is 2. The van der Waals surface area contributed by atoms with Gasteiger partial charge in [-0.15, -0.1) is 0 Å². The van der Waals surface area contributed by atoms with Crippen molar-refractivity contribution in [2.75, 3.05) is 13.2 Å². The van der Waals surface area contributed by atoms with Gasteiger partial charge >= 0.3 is 5.97 Å². The average molecular weight is 392 g/mol. The van der Waals surface area contributed by atoms with Gasteiger partial charge in [0, 0.05) is 30.7 Å². The highest BCUT2D eigenvalue weighted by atomic mass is 19.1. The molecule has 2 aliphatic rings. The molecule has 2 aromatic rings. The summed E-state index contributed by atoms with van der Waals surface area (Å²) in [6, 6.07) is 2.87. The Hall–Kier alpha value is -2.36. The second kappa shape index (κ2) is 7.57. The maximum Gasteiger partial charge on any atom is 0.374 e. The van der Waals surface area contributed by atoms with Crippen LogP contribution in [0.15, 0.2) is 18.2 Å². The summed E-state index contributed by atoms with van der Waals surface area (Å²) in [5.41, 5.74) is 8.06. The zero-order chi connectivity index (χ0) is 19.8. The highest BCUT2D eigenvalue weighted by Gasteiger charge is 2.37. The number of H-pyrrole nitrogens is 1. The van der Waals surface area contributed by atoms with Crippen molar-refractivity contribution < 1.29 is 23.0 Å². The summed E-state index contributed by atoms with van der Waals surface area (Å²) in [5, 5.41) is 0. The number of nitrogens with two attached hydrogens (primary N) is 1. The molecule has 2 aliphatic heterocycles. The molecule has 0 saturated carbocycles. The minimum atomic E-state index is -0.680. The van der Waals surface area contributed by atoms with E-state index in [2.05, 4.69) is 14.9 Å². The largest absolute Gasteiger partial charge is 0.460 e. The first-order valence-corrected chi connectivity index (χ1v) is 9.27. The predicted molar refractivity (Wildman–Crippen MR) is 95.2 cm³/mol. The van der Waals surface area contributed by atoms with Crippen molar-refractivity contribution in [3.63, 3.8) is 0 Å². The number of ether oxygens (including phenoxy) is 2. The summed E-state index contributed by atoms with van der Waals surface area (Å²) in [4.78, 5) is 21.3. The van der Waals surface area contributed by atoms with E-state index in [9.17, 15) is 13.6 Å². The smallest absolute Gasteiger partial charge is 0.374 e. The van der Waals surface area contributed by atoms with E-state index in [1.165, 1.54) is 0 Å². The summed E-state index contributed by atoms with van der Waals surface area (Å²) in [6.45, 7) is 3.53. The topological polar surface area (TPSA) is 93.5 Å². The fourth-order valence-corrected chi connectivity index (χ4v) is 3.86. The lowest BCUT2D eigenvalue weighted by Crippen LogP contribution is -2.47. The number of rotatable bonds is 4. The molecule has 1 aromatic heterocycles. The molecule has 3 heterocycles. The highest BCUT2D eigenvalue weighted by molar-refractivity contribution is 5.85. The van der Waals surface area contributed by atoms with E-state index in [0.29, 0.717) is 32.7 Å². The lowest BCUT2D eigenvalue weighted by atomic mass is 9.93. The SMILES string of the molecule is CCOC(=O)c1nc2c([nH]1)CN([C@H]1CO[C@@H](c3cc(F)ccc3F)[C@@H](N)C1)C2. The Kier molecular flexibility index (Phi) is 5.13. The molecular weight excluding hydrogens is 370 g/mol. The second-order valence-corrected chi connectivity index (χ2v) is 7.11. The zero-order valence-electron chi connectivity index (χ0n) is 15.5. The number of carbonyl (C=O) groups is 1. The van der Waals surface area contributed by atoms with Crippen molar-refractivity contribution in [2.24, 2.45) is 5.73 Å². The molecule has 1 fully saturated rings. The average Bonchev–Trinajstić information content (AvgIpc) is 3.23. The summed E-state index contributed by atoms with van der Waals surface area (Å²) in [7, 11) is 0. The molecule has 28 heavy (non-hydrogen) atoms. The lowest BCUT2D eigenvalue weighted by Gasteiger charge is -2.38. The molecule has 150 valence electrons. The third-order valence-electron chi connectivity index (χ3n) is 5.23. The first kappa shape index (κ1) is 19.0. The maximum atomic E-state index is 14.1. The van der Waals surface area contributed by atoms with E-state index < -0.39 is 29.7 Å². The molecule has 0 radical (unpaired) electrons. The molecule has 4 rings (SSSR count). The van der Waals surface area contributed by atoms with Crippen molar-refractivity contribution >= 4 is 5.97 Å². The van der Waals surface area contributed by atoms with Crippen LogP contribution in [0.2, 0.25) is 0 Å². The van der Waals surface area contributed by atoms with Gasteiger partial charge in [-0.1, -0.05) is 0 Å². The third kappa shape index (κ3) is 3.52. The number of nitrogens with one attached hydrogen (secondary N) is 1. The first-order valence-electron chi connectivity index (χ1n) is 9.27. The van der Waals surface area contributed by atoms with Crippen molar-refractivity contribution in [2.45, 2.75) is 44.6 Å². The number of benzene rings is 1. The van der Waals surface area contributed by atoms with E-state index in [0.717, 1.165) is 29.6 Å². The minimum Gasteiger partial charge on any atom is -0.460 e. The first-order chi connectivity index (χ1) is 13.5. The number of halogens is 2. The summed E-state index contributed by atoms with van der Waals surface area (Å²) < 4.78 is 38.3. The van der Waals surface area contributed by atoms with E-state index in [1.807, 2.05) is 0 Å². The van der Waals surface area contributed by atoms with Crippen LogP contribution in [0, 0.1) is 11.6 Å². The number of carbonyl (C=O) groups excluding carboxylic acids is 1. The molecule has 3 atom stereocenters. The Balaban J connectivity index is 1.40. The van der Waals surface area contributed by atoms with Gasteiger partial charge in [0.25, 0.3) is 0 Å². The van der Waals surface area contributed by atoms with Gasteiger partial charge in [0.15, 0.2) is 0 Å². The maximum absolute atomic E-state index is 14.1. The summed E-state index contributed by atoms with van der Waals surface area (Å²) in [5.74, 6) is -1.29. The highest BCUT2D eigenvalue weighted by Crippen LogP contribution is 2.33. The molecule has 0 bridgehead atoms. The molecule has 1 saturated heterocycles.